The van der Waals surface area contributed by atoms with Crippen molar-refractivity contribution in [1.82, 2.24) is 5.32 Å². The fraction of sp³-hybridized carbons (Fsp3) is 0.273. The van der Waals surface area contributed by atoms with Gasteiger partial charge in [0.2, 0.25) is 5.91 Å². The summed E-state index contributed by atoms with van der Waals surface area (Å²) in [6.45, 7) is 7.64. The molecule has 0 spiro atoms. The Labute approximate surface area is 184 Å². The average Bonchev–Trinajstić information content (AvgIpc) is 2.76. The minimum Gasteiger partial charge on any atom is -0.340 e. The number of hydrogen-bond donors (Lipinski definition) is 1. The Morgan fingerprint density at radius 2 is 1.62 bits per heavy atom. The van der Waals surface area contributed by atoms with Gasteiger partial charge in [-0.15, -0.1) is 6.58 Å². The number of carbonyl (C=O) groups is 2. The van der Waals surface area contributed by atoms with E-state index in [1.807, 2.05) is 19.9 Å². The standard InChI is InChI=1S/C22H24N4O6/c1-4-10-24(17-8-6-5-7-9-17)22(28)20(11-15(2)3)23-21(27)16-12-18(25(29)30)14-19(13-16)26(31)32/h4-9,12-15,20H,1,10-11H2,2-3H3,(H,23,27). The first-order valence-corrected chi connectivity index (χ1v) is 9.86. The lowest BCUT2D eigenvalue weighted by Gasteiger charge is -2.28. The molecule has 2 rings (SSSR count). The van der Waals surface area contributed by atoms with Crippen molar-refractivity contribution in [2.24, 2.45) is 5.92 Å². The van der Waals surface area contributed by atoms with Crippen molar-refractivity contribution in [2.45, 2.75) is 26.3 Å². The Balaban J connectivity index is 2.39. The Kier molecular flexibility index (Phi) is 8.17. The van der Waals surface area contributed by atoms with E-state index in [4.69, 9.17) is 0 Å². The number of para-hydroxylation sites is 1. The summed E-state index contributed by atoms with van der Waals surface area (Å²) in [7, 11) is 0. The summed E-state index contributed by atoms with van der Waals surface area (Å²) in [5.74, 6) is -1.18. The lowest BCUT2D eigenvalue weighted by atomic mass is 10.0. The van der Waals surface area contributed by atoms with Gasteiger partial charge in [0.1, 0.15) is 6.04 Å². The lowest BCUT2D eigenvalue weighted by Crippen LogP contribution is -2.49. The molecule has 10 nitrogen and oxygen atoms in total. The van der Waals surface area contributed by atoms with Gasteiger partial charge in [-0.3, -0.25) is 29.8 Å². The van der Waals surface area contributed by atoms with Crippen molar-refractivity contribution in [3.8, 4) is 0 Å². The molecule has 1 unspecified atom stereocenters. The molecular weight excluding hydrogens is 416 g/mol. The first-order valence-electron chi connectivity index (χ1n) is 9.86. The molecule has 10 heteroatoms. The second-order valence-electron chi connectivity index (χ2n) is 7.48. The van der Waals surface area contributed by atoms with Gasteiger partial charge in [0.25, 0.3) is 17.3 Å². The molecule has 2 aromatic rings. The summed E-state index contributed by atoms with van der Waals surface area (Å²) in [6.07, 6.45) is 1.85. The van der Waals surface area contributed by atoms with Crippen LogP contribution in [0.15, 0.2) is 61.2 Å². The normalized spacial score (nSPS) is 11.5. The Morgan fingerprint density at radius 3 is 2.09 bits per heavy atom. The van der Waals surface area contributed by atoms with Gasteiger partial charge in [-0.2, -0.15) is 0 Å². The van der Waals surface area contributed by atoms with Gasteiger partial charge in [-0.1, -0.05) is 38.1 Å². The summed E-state index contributed by atoms with van der Waals surface area (Å²) in [4.78, 5) is 48.3. The third-order valence-corrected chi connectivity index (χ3v) is 4.54. The molecule has 0 aromatic heterocycles. The number of carbonyl (C=O) groups excluding carboxylic acids is 2. The van der Waals surface area contributed by atoms with Crippen LogP contribution in [0, 0.1) is 26.1 Å². The maximum absolute atomic E-state index is 13.3. The number of nitrogens with zero attached hydrogens (tertiary/aromatic N) is 3. The zero-order chi connectivity index (χ0) is 23.8. The molecule has 0 bridgehead atoms. The Bertz CT molecular complexity index is 990. The van der Waals surface area contributed by atoms with E-state index >= 15 is 0 Å². The predicted octanol–water partition coefficient (Wildman–Crippen LogP) is 3.87. The summed E-state index contributed by atoms with van der Waals surface area (Å²) in [5.41, 5.74) is -0.837. The molecule has 2 amide bonds. The highest BCUT2D eigenvalue weighted by atomic mass is 16.6. The van der Waals surface area contributed by atoms with Crippen LogP contribution >= 0.6 is 0 Å². The molecule has 0 aliphatic rings. The van der Waals surface area contributed by atoms with Crippen molar-refractivity contribution in [3.05, 3.63) is 87.0 Å². The second kappa shape index (κ2) is 10.8. The summed E-state index contributed by atoms with van der Waals surface area (Å²) < 4.78 is 0. The van der Waals surface area contributed by atoms with E-state index in [1.54, 1.807) is 30.3 Å². The van der Waals surface area contributed by atoms with Crippen LogP contribution in [0.2, 0.25) is 0 Å². The Morgan fingerprint density at radius 1 is 1.06 bits per heavy atom. The third kappa shape index (κ3) is 6.21. The van der Waals surface area contributed by atoms with E-state index in [9.17, 15) is 29.8 Å². The van der Waals surface area contributed by atoms with Crippen molar-refractivity contribution in [3.63, 3.8) is 0 Å². The van der Waals surface area contributed by atoms with Gasteiger partial charge in [-0.05, 0) is 24.5 Å². The van der Waals surface area contributed by atoms with E-state index < -0.39 is 39.1 Å². The number of hydrogen-bond acceptors (Lipinski definition) is 6. The van der Waals surface area contributed by atoms with Crippen LogP contribution in [0.4, 0.5) is 17.1 Å². The van der Waals surface area contributed by atoms with Gasteiger partial charge in [-0.25, -0.2) is 0 Å². The first kappa shape index (κ1) is 24.2. The molecule has 168 valence electrons. The minimum atomic E-state index is -0.957. The number of nitrogens with one attached hydrogen (secondary N) is 1. The summed E-state index contributed by atoms with van der Waals surface area (Å²) >= 11 is 0. The molecule has 0 heterocycles. The van der Waals surface area contributed by atoms with Crippen LogP contribution in [-0.2, 0) is 4.79 Å². The zero-order valence-electron chi connectivity index (χ0n) is 17.8. The molecule has 32 heavy (non-hydrogen) atoms. The SMILES string of the molecule is C=CCN(C(=O)C(CC(C)C)NC(=O)c1cc([N+](=O)[O-])cc([N+](=O)[O-])c1)c1ccccc1. The van der Waals surface area contributed by atoms with Gasteiger partial charge in [0, 0.05) is 24.4 Å². The number of anilines is 1. The highest BCUT2D eigenvalue weighted by Gasteiger charge is 2.29. The quantitative estimate of drug-likeness (QED) is 0.338. The van der Waals surface area contributed by atoms with Crippen molar-refractivity contribution >= 4 is 28.9 Å². The maximum Gasteiger partial charge on any atom is 0.277 e. The van der Waals surface area contributed by atoms with E-state index in [-0.39, 0.29) is 18.0 Å². The maximum atomic E-state index is 13.3. The van der Waals surface area contributed by atoms with Crippen LogP contribution in [-0.4, -0.2) is 34.2 Å². The van der Waals surface area contributed by atoms with Crippen LogP contribution < -0.4 is 10.2 Å². The highest BCUT2D eigenvalue weighted by molar-refractivity contribution is 6.03. The molecule has 1 atom stereocenters. The van der Waals surface area contributed by atoms with Gasteiger partial charge < -0.3 is 10.2 Å². The molecule has 0 aliphatic carbocycles. The van der Waals surface area contributed by atoms with Gasteiger partial charge >= 0.3 is 0 Å². The first-order chi connectivity index (χ1) is 15.1. The summed E-state index contributed by atoms with van der Waals surface area (Å²) in [6, 6.07) is 10.6. The van der Waals surface area contributed by atoms with E-state index in [0.29, 0.717) is 12.1 Å². The number of nitro groups is 2. The average molecular weight is 440 g/mol. The number of rotatable bonds is 10. The number of amides is 2. The molecule has 0 radical (unpaired) electrons. The van der Waals surface area contributed by atoms with Crippen LogP contribution in [0.3, 0.4) is 0 Å². The summed E-state index contributed by atoms with van der Waals surface area (Å²) in [5, 5.41) is 24.8. The van der Waals surface area contributed by atoms with Crippen LogP contribution in [0.25, 0.3) is 0 Å². The molecule has 0 saturated heterocycles. The third-order valence-electron chi connectivity index (χ3n) is 4.54. The minimum absolute atomic E-state index is 0.0325. The number of nitro benzene ring substituents is 2. The molecule has 0 saturated carbocycles. The largest absolute Gasteiger partial charge is 0.340 e. The topological polar surface area (TPSA) is 136 Å². The van der Waals surface area contributed by atoms with E-state index in [0.717, 1.165) is 18.2 Å². The molecule has 2 aromatic carbocycles. The fourth-order valence-electron chi connectivity index (χ4n) is 3.12. The fourth-order valence-corrected chi connectivity index (χ4v) is 3.12. The predicted molar refractivity (Wildman–Crippen MR) is 119 cm³/mol. The smallest absolute Gasteiger partial charge is 0.277 e. The highest BCUT2D eigenvalue weighted by Crippen LogP contribution is 2.23. The van der Waals surface area contributed by atoms with Gasteiger partial charge in [0.15, 0.2) is 0 Å². The van der Waals surface area contributed by atoms with E-state index in [1.165, 1.54) is 4.90 Å². The van der Waals surface area contributed by atoms with Gasteiger partial charge in [0.05, 0.1) is 21.5 Å². The monoisotopic (exact) mass is 440 g/mol. The molecule has 0 aliphatic heterocycles. The zero-order valence-corrected chi connectivity index (χ0v) is 17.8. The molecular formula is C22H24N4O6. The van der Waals surface area contributed by atoms with Crippen molar-refractivity contribution < 1.29 is 19.4 Å². The number of benzene rings is 2. The van der Waals surface area contributed by atoms with Crippen LogP contribution in [0.1, 0.15) is 30.6 Å². The van der Waals surface area contributed by atoms with Crippen molar-refractivity contribution in [2.75, 3.05) is 11.4 Å². The number of non-ortho nitro benzene ring substituents is 2. The Hall–Kier alpha value is -4.08. The van der Waals surface area contributed by atoms with E-state index in [2.05, 4.69) is 11.9 Å². The lowest BCUT2D eigenvalue weighted by molar-refractivity contribution is -0.394. The molecule has 0 fully saturated rings. The van der Waals surface area contributed by atoms with Crippen molar-refractivity contribution in [1.29, 1.82) is 0 Å². The second-order valence-corrected chi connectivity index (χ2v) is 7.48. The van der Waals surface area contributed by atoms with Crippen LogP contribution in [0.5, 0.6) is 0 Å². The molecule has 1 N–H and O–H groups in total.